The summed E-state index contributed by atoms with van der Waals surface area (Å²) < 4.78 is 13.9. The second-order valence-corrected chi connectivity index (χ2v) is 6.88. The zero-order valence-corrected chi connectivity index (χ0v) is 16.5. The minimum absolute atomic E-state index is 0.238. The van der Waals surface area contributed by atoms with Crippen molar-refractivity contribution in [3.05, 3.63) is 24.1 Å². The fourth-order valence-corrected chi connectivity index (χ4v) is 3.05. The zero-order valence-electron chi connectivity index (χ0n) is 16.5. The van der Waals surface area contributed by atoms with Crippen molar-refractivity contribution in [3.63, 3.8) is 0 Å². The molecule has 6 nitrogen and oxygen atoms in total. The Morgan fingerprint density at radius 1 is 1.50 bits per heavy atom. The van der Waals surface area contributed by atoms with Crippen LogP contribution < -0.4 is 15.5 Å². The Morgan fingerprint density at radius 2 is 2.31 bits per heavy atom. The van der Waals surface area contributed by atoms with Gasteiger partial charge in [-0.1, -0.05) is 6.92 Å². The third kappa shape index (κ3) is 5.83. The van der Waals surface area contributed by atoms with Gasteiger partial charge >= 0.3 is 0 Å². The number of halogens is 1. The molecule has 1 aliphatic heterocycles. The van der Waals surface area contributed by atoms with E-state index >= 15 is 0 Å². The van der Waals surface area contributed by atoms with Crippen molar-refractivity contribution in [1.82, 2.24) is 20.5 Å². The molecule has 0 aromatic carbocycles. The molecule has 1 aliphatic rings. The topological polar surface area (TPSA) is 55.8 Å². The molecular weight excluding hydrogens is 331 g/mol. The molecule has 0 bridgehead atoms. The van der Waals surface area contributed by atoms with E-state index < -0.39 is 0 Å². The SMILES string of the molecule is CCNC(=NCCN(C)C(C)CC)NC1CCN(c2ncccc2F)C1. The van der Waals surface area contributed by atoms with Gasteiger partial charge in [0.2, 0.25) is 0 Å². The Kier molecular flexibility index (Phi) is 8.09. The number of hydrogen-bond acceptors (Lipinski definition) is 4. The van der Waals surface area contributed by atoms with Crippen LogP contribution in [0.2, 0.25) is 0 Å². The van der Waals surface area contributed by atoms with Crippen molar-refractivity contribution >= 4 is 11.8 Å². The van der Waals surface area contributed by atoms with Crippen LogP contribution in [0.25, 0.3) is 0 Å². The van der Waals surface area contributed by atoms with E-state index in [4.69, 9.17) is 4.99 Å². The molecule has 0 spiro atoms. The maximum Gasteiger partial charge on any atom is 0.191 e. The van der Waals surface area contributed by atoms with Gasteiger partial charge in [-0.25, -0.2) is 9.37 Å². The first-order valence-electron chi connectivity index (χ1n) is 9.65. The quantitative estimate of drug-likeness (QED) is 0.546. The van der Waals surface area contributed by atoms with Crippen molar-refractivity contribution in [3.8, 4) is 0 Å². The van der Waals surface area contributed by atoms with E-state index in [1.54, 1.807) is 12.3 Å². The number of aromatic nitrogens is 1. The molecule has 0 aliphatic carbocycles. The summed E-state index contributed by atoms with van der Waals surface area (Å²) in [5.41, 5.74) is 0. The maximum absolute atomic E-state index is 13.9. The Morgan fingerprint density at radius 3 is 3.00 bits per heavy atom. The lowest BCUT2D eigenvalue weighted by molar-refractivity contribution is 0.259. The van der Waals surface area contributed by atoms with Crippen LogP contribution in [-0.4, -0.2) is 67.7 Å². The highest BCUT2D eigenvalue weighted by molar-refractivity contribution is 5.80. The monoisotopic (exact) mass is 364 g/mol. The molecule has 2 heterocycles. The van der Waals surface area contributed by atoms with Gasteiger partial charge in [-0.05, 0) is 45.9 Å². The number of nitrogens with zero attached hydrogens (tertiary/aromatic N) is 4. The van der Waals surface area contributed by atoms with Gasteiger partial charge in [0, 0.05) is 44.5 Å². The van der Waals surface area contributed by atoms with Crippen molar-refractivity contribution < 1.29 is 4.39 Å². The van der Waals surface area contributed by atoms with Crippen LogP contribution in [-0.2, 0) is 0 Å². The molecule has 7 heteroatoms. The lowest BCUT2D eigenvalue weighted by Crippen LogP contribution is -2.45. The Balaban J connectivity index is 1.87. The molecule has 2 atom stereocenters. The number of hydrogen-bond donors (Lipinski definition) is 2. The molecule has 2 unspecified atom stereocenters. The minimum atomic E-state index is -0.262. The van der Waals surface area contributed by atoms with E-state index in [0.717, 1.165) is 51.5 Å². The number of pyridine rings is 1. The summed E-state index contributed by atoms with van der Waals surface area (Å²) in [6, 6.07) is 3.89. The molecule has 146 valence electrons. The Labute approximate surface area is 156 Å². The minimum Gasteiger partial charge on any atom is -0.357 e. The zero-order chi connectivity index (χ0) is 18.9. The van der Waals surface area contributed by atoms with E-state index in [1.807, 2.05) is 4.90 Å². The molecule has 1 fully saturated rings. The first-order chi connectivity index (χ1) is 12.5. The van der Waals surface area contributed by atoms with Crippen LogP contribution in [0, 0.1) is 5.82 Å². The van der Waals surface area contributed by atoms with Crippen LogP contribution in [0.4, 0.5) is 10.2 Å². The number of rotatable bonds is 8. The third-order valence-electron chi connectivity index (χ3n) is 4.98. The average molecular weight is 365 g/mol. The largest absolute Gasteiger partial charge is 0.357 e. The van der Waals surface area contributed by atoms with Crippen molar-refractivity contribution in [1.29, 1.82) is 0 Å². The van der Waals surface area contributed by atoms with Crippen molar-refractivity contribution in [2.45, 2.75) is 45.7 Å². The number of aliphatic imine (C=N–C) groups is 1. The Hall–Kier alpha value is -1.89. The summed E-state index contributed by atoms with van der Waals surface area (Å²) in [5, 5.41) is 6.79. The van der Waals surface area contributed by atoms with Crippen LogP contribution in [0.15, 0.2) is 23.3 Å². The molecular formula is C19H33FN6. The highest BCUT2D eigenvalue weighted by Gasteiger charge is 2.25. The van der Waals surface area contributed by atoms with Gasteiger partial charge in [-0.15, -0.1) is 0 Å². The summed E-state index contributed by atoms with van der Waals surface area (Å²) >= 11 is 0. The predicted octanol–water partition coefficient (Wildman–Crippen LogP) is 2.08. The average Bonchev–Trinajstić information content (AvgIpc) is 3.09. The molecule has 1 aromatic rings. The molecule has 0 amide bonds. The number of likely N-dealkylation sites (N-methyl/N-ethyl adjacent to an activating group) is 1. The number of anilines is 1. The van der Waals surface area contributed by atoms with Crippen LogP contribution in [0.5, 0.6) is 0 Å². The molecule has 2 N–H and O–H groups in total. The number of guanidine groups is 1. The smallest absolute Gasteiger partial charge is 0.191 e. The summed E-state index contributed by atoms with van der Waals surface area (Å²) in [6.45, 7) is 10.5. The fraction of sp³-hybridized carbons (Fsp3) is 0.684. The van der Waals surface area contributed by atoms with E-state index in [9.17, 15) is 4.39 Å². The van der Waals surface area contributed by atoms with E-state index in [0.29, 0.717) is 11.9 Å². The number of nitrogens with one attached hydrogen (secondary N) is 2. The predicted molar refractivity (Wildman–Crippen MR) is 106 cm³/mol. The van der Waals surface area contributed by atoms with Gasteiger partial charge in [-0.2, -0.15) is 0 Å². The first-order valence-corrected chi connectivity index (χ1v) is 9.65. The molecule has 0 radical (unpaired) electrons. The van der Waals surface area contributed by atoms with Crippen LogP contribution in [0.3, 0.4) is 0 Å². The van der Waals surface area contributed by atoms with Gasteiger partial charge < -0.3 is 20.4 Å². The van der Waals surface area contributed by atoms with Crippen LogP contribution in [0.1, 0.15) is 33.6 Å². The second-order valence-electron chi connectivity index (χ2n) is 6.88. The van der Waals surface area contributed by atoms with Gasteiger partial charge in [-0.3, -0.25) is 4.99 Å². The molecule has 0 saturated carbocycles. The Bertz CT molecular complexity index is 579. The van der Waals surface area contributed by atoms with E-state index in [1.165, 1.54) is 6.07 Å². The standard InChI is InChI=1S/C19H33FN6/c1-5-15(3)25(4)13-11-23-19(21-6-2)24-16-9-12-26(14-16)18-17(20)8-7-10-22-18/h7-8,10,15-16H,5-6,9,11-14H2,1-4H3,(H2,21,23,24). The highest BCUT2D eigenvalue weighted by atomic mass is 19.1. The maximum atomic E-state index is 13.9. The summed E-state index contributed by atoms with van der Waals surface area (Å²) in [4.78, 5) is 13.2. The normalized spacial score (nSPS) is 19.1. The second kappa shape index (κ2) is 10.3. The van der Waals surface area contributed by atoms with Crippen molar-refractivity contribution in [2.75, 3.05) is 44.7 Å². The third-order valence-corrected chi connectivity index (χ3v) is 4.98. The highest BCUT2D eigenvalue weighted by Crippen LogP contribution is 2.20. The van der Waals surface area contributed by atoms with Crippen LogP contribution >= 0.6 is 0 Å². The van der Waals surface area contributed by atoms with Gasteiger partial charge in [0.05, 0.1) is 6.54 Å². The summed E-state index contributed by atoms with van der Waals surface area (Å²) in [7, 11) is 2.14. The first kappa shape index (κ1) is 20.4. The van der Waals surface area contributed by atoms with Gasteiger partial charge in [0.1, 0.15) is 0 Å². The summed E-state index contributed by atoms with van der Waals surface area (Å²) in [5.74, 6) is 1.01. The van der Waals surface area contributed by atoms with E-state index in [2.05, 4.69) is 48.3 Å². The van der Waals surface area contributed by atoms with Crippen molar-refractivity contribution in [2.24, 2.45) is 4.99 Å². The molecule has 1 aromatic heterocycles. The molecule has 2 rings (SSSR count). The van der Waals surface area contributed by atoms with Gasteiger partial charge in [0.15, 0.2) is 17.6 Å². The lowest BCUT2D eigenvalue weighted by atomic mass is 10.2. The fourth-order valence-electron chi connectivity index (χ4n) is 3.05. The molecule has 26 heavy (non-hydrogen) atoms. The summed E-state index contributed by atoms with van der Waals surface area (Å²) in [6.07, 6.45) is 3.71. The van der Waals surface area contributed by atoms with Gasteiger partial charge in [0.25, 0.3) is 0 Å². The molecule has 1 saturated heterocycles. The van der Waals surface area contributed by atoms with E-state index in [-0.39, 0.29) is 11.9 Å². The lowest BCUT2D eigenvalue weighted by Gasteiger charge is -2.23.